The molecule has 0 aromatic heterocycles. The molecule has 16 heavy (non-hydrogen) atoms. The third-order valence-electron chi connectivity index (χ3n) is 3.79. The van der Waals surface area contributed by atoms with Crippen LogP contribution < -0.4 is 10.6 Å². The number of nitrogens with two attached hydrogens (primary N) is 1. The number of carbonyl (C=O) groups excluding carboxylic acids is 1. The van der Waals surface area contributed by atoms with Crippen molar-refractivity contribution < 1.29 is 4.79 Å². The molecule has 3 aliphatic rings. The number of hydrogen-bond acceptors (Lipinski definition) is 2. The van der Waals surface area contributed by atoms with Crippen LogP contribution in [0, 0.1) is 11.8 Å². The molecule has 1 amide bonds. The topological polar surface area (TPSA) is 46.3 Å². The number of para-hydroxylation sites is 1. The molecular formula is C13H16N2O. The highest BCUT2D eigenvalue weighted by Crippen LogP contribution is 2.42. The van der Waals surface area contributed by atoms with Crippen LogP contribution in [0.25, 0.3) is 0 Å². The summed E-state index contributed by atoms with van der Waals surface area (Å²) in [6.07, 6.45) is 2.19. The smallest absolute Gasteiger partial charge is 0.230 e. The van der Waals surface area contributed by atoms with Crippen molar-refractivity contribution in [2.24, 2.45) is 17.6 Å². The van der Waals surface area contributed by atoms with Crippen LogP contribution in [0.5, 0.6) is 0 Å². The first-order valence-corrected chi connectivity index (χ1v) is 5.89. The molecule has 1 aromatic rings. The Bertz CT molecular complexity index is 424. The molecular weight excluding hydrogens is 200 g/mol. The van der Waals surface area contributed by atoms with E-state index in [2.05, 4.69) is 0 Å². The van der Waals surface area contributed by atoms with E-state index in [0.717, 1.165) is 30.6 Å². The van der Waals surface area contributed by atoms with Gasteiger partial charge in [0.25, 0.3) is 0 Å². The van der Waals surface area contributed by atoms with Crippen molar-refractivity contribution in [2.45, 2.75) is 19.4 Å². The van der Waals surface area contributed by atoms with Gasteiger partial charge in [0.05, 0.1) is 0 Å². The lowest BCUT2D eigenvalue weighted by atomic mass is 9.70. The molecule has 0 atom stereocenters. The van der Waals surface area contributed by atoms with Gasteiger partial charge in [-0.2, -0.15) is 0 Å². The summed E-state index contributed by atoms with van der Waals surface area (Å²) in [5.74, 6) is 1.29. The molecule has 2 bridgehead atoms. The number of carbonyl (C=O) groups is 1. The van der Waals surface area contributed by atoms with Crippen molar-refractivity contribution in [1.29, 1.82) is 0 Å². The lowest BCUT2D eigenvalue weighted by Crippen LogP contribution is -2.53. The highest BCUT2D eigenvalue weighted by molar-refractivity contribution is 5.97. The Labute approximate surface area is 95.2 Å². The van der Waals surface area contributed by atoms with Crippen molar-refractivity contribution in [3.63, 3.8) is 0 Å². The van der Waals surface area contributed by atoms with Gasteiger partial charge in [-0.1, -0.05) is 18.2 Å². The van der Waals surface area contributed by atoms with E-state index in [1.165, 1.54) is 0 Å². The van der Waals surface area contributed by atoms with Crippen molar-refractivity contribution in [2.75, 3.05) is 11.4 Å². The van der Waals surface area contributed by atoms with Gasteiger partial charge in [0.2, 0.25) is 5.91 Å². The van der Waals surface area contributed by atoms with Gasteiger partial charge in [-0.05, 0) is 30.4 Å². The normalized spacial score (nSPS) is 27.8. The SMILES string of the molecule is NCc1ccccc1N1CC2CC(C2)C1=O. The maximum absolute atomic E-state index is 12.1. The predicted molar refractivity (Wildman–Crippen MR) is 62.9 cm³/mol. The summed E-state index contributed by atoms with van der Waals surface area (Å²) < 4.78 is 0. The van der Waals surface area contributed by atoms with E-state index in [1.54, 1.807) is 0 Å². The van der Waals surface area contributed by atoms with Gasteiger partial charge in [-0.15, -0.1) is 0 Å². The van der Waals surface area contributed by atoms with E-state index in [9.17, 15) is 4.79 Å². The van der Waals surface area contributed by atoms with E-state index in [1.807, 2.05) is 29.2 Å². The summed E-state index contributed by atoms with van der Waals surface area (Å²) in [6, 6.07) is 7.95. The van der Waals surface area contributed by atoms with Crippen LogP contribution in [0.4, 0.5) is 5.69 Å². The van der Waals surface area contributed by atoms with Crippen LogP contribution in [-0.4, -0.2) is 12.5 Å². The fraction of sp³-hybridized carbons (Fsp3) is 0.462. The molecule has 3 fully saturated rings. The molecule has 2 N–H and O–H groups in total. The molecule has 2 aliphatic heterocycles. The number of hydrogen-bond donors (Lipinski definition) is 1. The van der Waals surface area contributed by atoms with E-state index in [4.69, 9.17) is 5.73 Å². The standard InChI is InChI=1S/C13H16N2O/c14-7-10-3-1-2-4-12(10)15-8-9-5-11(6-9)13(15)16/h1-4,9,11H,5-8,14H2. The minimum atomic E-state index is 0.282. The quantitative estimate of drug-likeness (QED) is 0.814. The summed E-state index contributed by atoms with van der Waals surface area (Å²) in [7, 11) is 0. The van der Waals surface area contributed by atoms with E-state index in [0.29, 0.717) is 18.4 Å². The molecule has 84 valence electrons. The van der Waals surface area contributed by atoms with Gasteiger partial charge >= 0.3 is 0 Å². The first kappa shape index (κ1) is 9.85. The number of fused-ring (bicyclic) bond motifs is 2. The number of rotatable bonds is 2. The fourth-order valence-corrected chi connectivity index (χ4v) is 2.82. The number of benzene rings is 1. The highest BCUT2D eigenvalue weighted by atomic mass is 16.2. The van der Waals surface area contributed by atoms with Gasteiger partial charge in [-0.3, -0.25) is 4.79 Å². The monoisotopic (exact) mass is 216 g/mol. The van der Waals surface area contributed by atoms with Gasteiger partial charge < -0.3 is 10.6 Å². The number of amides is 1. The van der Waals surface area contributed by atoms with Crippen LogP contribution in [0.3, 0.4) is 0 Å². The molecule has 0 unspecified atom stereocenters. The Morgan fingerprint density at radius 3 is 2.75 bits per heavy atom. The Hall–Kier alpha value is -1.35. The molecule has 2 saturated heterocycles. The summed E-state index contributed by atoms with van der Waals surface area (Å²) >= 11 is 0. The lowest BCUT2D eigenvalue weighted by molar-refractivity contribution is -0.129. The van der Waals surface area contributed by atoms with E-state index in [-0.39, 0.29) is 5.92 Å². The minimum absolute atomic E-state index is 0.282. The third kappa shape index (κ3) is 1.35. The zero-order chi connectivity index (χ0) is 11.1. The zero-order valence-electron chi connectivity index (χ0n) is 9.23. The lowest BCUT2D eigenvalue weighted by Gasteiger charge is -2.46. The number of piperidine rings is 2. The fourth-order valence-electron chi connectivity index (χ4n) is 2.82. The second-order valence-corrected chi connectivity index (χ2v) is 4.82. The second kappa shape index (κ2) is 3.59. The molecule has 3 nitrogen and oxygen atoms in total. The van der Waals surface area contributed by atoms with Gasteiger partial charge in [-0.25, -0.2) is 0 Å². The molecule has 3 heteroatoms. The second-order valence-electron chi connectivity index (χ2n) is 4.82. The molecule has 4 rings (SSSR count). The molecule has 1 aliphatic carbocycles. The summed E-state index contributed by atoms with van der Waals surface area (Å²) in [6.45, 7) is 1.38. The maximum Gasteiger partial charge on any atom is 0.230 e. The van der Waals surface area contributed by atoms with Gasteiger partial charge in [0.1, 0.15) is 0 Å². The Morgan fingerprint density at radius 2 is 2.06 bits per heavy atom. The first-order chi connectivity index (χ1) is 7.79. The molecule has 1 aromatic carbocycles. The molecule has 2 heterocycles. The van der Waals surface area contributed by atoms with Crippen LogP contribution in [-0.2, 0) is 11.3 Å². The van der Waals surface area contributed by atoms with Crippen molar-refractivity contribution >= 4 is 11.6 Å². The largest absolute Gasteiger partial charge is 0.326 e. The number of nitrogens with zero attached hydrogens (tertiary/aromatic N) is 1. The Balaban J connectivity index is 1.94. The third-order valence-corrected chi connectivity index (χ3v) is 3.79. The van der Waals surface area contributed by atoms with Crippen molar-refractivity contribution in [1.82, 2.24) is 0 Å². The zero-order valence-corrected chi connectivity index (χ0v) is 9.23. The van der Waals surface area contributed by atoms with Gasteiger partial charge in [0.15, 0.2) is 0 Å². The molecule has 0 spiro atoms. The van der Waals surface area contributed by atoms with Gasteiger partial charge in [0, 0.05) is 24.7 Å². The van der Waals surface area contributed by atoms with Crippen molar-refractivity contribution in [3.05, 3.63) is 29.8 Å². The Kier molecular flexibility index (Phi) is 2.21. The predicted octanol–water partition coefficient (Wildman–Crippen LogP) is 1.52. The van der Waals surface area contributed by atoms with Crippen molar-refractivity contribution in [3.8, 4) is 0 Å². The minimum Gasteiger partial charge on any atom is -0.326 e. The van der Waals surface area contributed by atoms with Crippen LogP contribution in [0.15, 0.2) is 24.3 Å². The first-order valence-electron chi connectivity index (χ1n) is 5.89. The van der Waals surface area contributed by atoms with E-state index >= 15 is 0 Å². The van der Waals surface area contributed by atoms with Crippen LogP contribution >= 0.6 is 0 Å². The number of anilines is 1. The van der Waals surface area contributed by atoms with E-state index < -0.39 is 0 Å². The maximum atomic E-state index is 12.1. The summed E-state index contributed by atoms with van der Waals surface area (Å²) in [5, 5.41) is 0. The average molecular weight is 216 g/mol. The van der Waals surface area contributed by atoms with Crippen LogP contribution in [0.2, 0.25) is 0 Å². The summed E-state index contributed by atoms with van der Waals surface area (Å²) in [4.78, 5) is 14.1. The Morgan fingerprint density at radius 1 is 1.31 bits per heavy atom. The molecule has 1 saturated carbocycles. The average Bonchev–Trinajstić information content (AvgIpc) is 2.28. The molecule has 0 radical (unpaired) electrons. The highest BCUT2D eigenvalue weighted by Gasteiger charge is 2.44. The summed E-state index contributed by atoms with van der Waals surface area (Å²) in [5.41, 5.74) is 7.80. The van der Waals surface area contributed by atoms with Crippen LogP contribution in [0.1, 0.15) is 18.4 Å².